The van der Waals surface area contributed by atoms with E-state index in [4.69, 9.17) is 5.73 Å². The van der Waals surface area contributed by atoms with Crippen molar-refractivity contribution in [3.63, 3.8) is 0 Å². The number of phenolic OH excluding ortho intramolecular Hbond substituents is 1. The number of carbonyl (C=O) groups is 1. The van der Waals surface area contributed by atoms with Crippen LogP contribution in [0.3, 0.4) is 0 Å². The fourth-order valence-electron chi connectivity index (χ4n) is 2.80. The molecule has 1 amide bonds. The number of aromatic hydroxyl groups is 1. The van der Waals surface area contributed by atoms with Crippen LogP contribution in [0.15, 0.2) is 42.5 Å². The molecule has 3 rings (SSSR count). The smallest absolute Gasteiger partial charge is 0.262 e. The van der Waals surface area contributed by atoms with Crippen molar-refractivity contribution < 1.29 is 9.90 Å². The maximum atomic E-state index is 12.8. The summed E-state index contributed by atoms with van der Waals surface area (Å²) < 4.78 is 0. The van der Waals surface area contributed by atoms with Gasteiger partial charge in [-0.25, -0.2) is 0 Å². The zero-order chi connectivity index (χ0) is 15.0. The van der Waals surface area contributed by atoms with Gasteiger partial charge in [0, 0.05) is 18.3 Å². The van der Waals surface area contributed by atoms with Gasteiger partial charge in [-0.15, -0.1) is 0 Å². The van der Waals surface area contributed by atoms with Crippen LogP contribution in [0.4, 0.5) is 5.69 Å². The minimum atomic E-state index is -0.209. The fourth-order valence-corrected chi connectivity index (χ4v) is 2.80. The number of hydrogen-bond acceptors (Lipinski definition) is 3. The normalized spacial score (nSPS) is 17.4. The predicted molar refractivity (Wildman–Crippen MR) is 82.6 cm³/mol. The van der Waals surface area contributed by atoms with E-state index >= 15 is 0 Å². The zero-order valence-electron chi connectivity index (χ0n) is 11.9. The van der Waals surface area contributed by atoms with E-state index in [1.165, 1.54) is 0 Å². The molecule has 2 aromatic rings. The fraction of sp³-hybridized carbons (Fsp3) is 0.235. The number of anilines is 1. The number of para-hydroxylation sites is 2. The Hall–Kier alpha value is -2.33. The third-order valence-electron chi connectivity index (χ3n) is 3.89. The van der Waals surface area contributed by atoms with Gasteiger partial charge in [0.15, 0.2) is 0 Å². The lowest BCUT2D eigenvalue weighted by molar-refractivity contribution is 0.0980. The van der Waals surface area contributed by atoms with Gasteiger partial charge < -0.3 is 15.7 Å². The molecule has 4 heteroatoms. The standard InChI is InChI=1S/C17H18N2O2/c1-11-5-4-7-14(16(11)20)17(21)19-10-13(18)9-12-6-2-3-8-15(12)19/h2-8,13,20H,9-10,18H2,1H3. The first-order valence-electron chi connectivity index (χ1n) is 7.02. The summed E-state index contributed by atoms with van der Waals surface area (Å²) in [7, 11) is 0. The van der Waals surface area contributed by atoms with Crippen molar-refractivity contribution in [2.45, 2.75) is 19.4 Å². The molecule has 1 heterocycles. The van der Waals surface area contributed by atoms with Gasteiger partial charge in [-0.1, -0.05) is 30.3 Å². The molecule has 0 radical (unpaired) electrons. The quantitative estimate of drug-likeness (QED) is 0.843. The molecule has 4 nitrogen and oxygen atoms in total. The number of aryl methyl sites for hydroxylation is 1. The minimum Gasteiger partial charge on any atom is -0.507 e. The summed E-state index contributed by atoms with van der Waals surface area (Å²) in [6, 6.07) is 12.9. The van der Waals surface area contributed by atoms with Crippen LogP contribution in [0.5, 0.6) is 5.75 Å². The van der Waals surface area contributed by atoms with Crippen molar-refractivity contribution in [1.82, 2.24) is 0 Å². The van der Waals surface area contributed by atoms with Crippen molar-refractivity contribution in [3.05, 3.63) is 59.2 Å². The molecule has 1 aliphatic heterocycles. The molecule has 0 bridgehead atoms. The molecule has 0 saturated heterocycles. The summed E-state index contributed by atoms with van der Waals surface area (Å²) >= 11 is 0. The first-order chi connectivity index (χ1) is 10.1. The Bertz CT molecular complexity index is 697. The number of hydrogen-bond donors (Lipinski definition) is 2. The molecule has 0 saturated carbocycles. The second-order valence-corrected chi connectivity index (χ2v) is 5.48. The number of amides is 1. The molecule has 1 aliphatic rings. The van der Waals surface area contributed by atoms with Gasteiger partial charge in [0.25, 0.3) is 5.91 Å². The van der Waals surface area contributed by atoms with E-state index in [0.29, 0.717) is 17.7 Å². The molecule has 2 aromatic carbocycles. The van der Waals surface area contributed by atoms with Gasteiger partial charge >= 0.3 is 0 Å². The van der Waals surface area contributed by atoms with E-state index in [1.54, 1.807) is 30.0 Å². The Balaban J connectivity index is 2.04. The van der Waals surface area contributed by atoms with Crippen LogP contribution in [0.2, 0.25) is 0 Å². The summed E-state index contributed by atoms with van der Waals surface area (Å²) in [5.41, 5.74) is 9.02. The molecular weight excluding hydrogens is 264 g/mol. The molecule has 21 heavy (non-hydrogen) atoms. The van der Waals surface area contributed by atoms with Crippen molar-refractivity contribution in [2.75, 3.05) is 11.4 Å². The largest absolute Gasteiger partial charge is 0.507 e. The highest BCUT2D eigenvalue weighted by Gasteiger charge is 2.28. The lowest BCUT2D eigenvalue weighted by Crippen LogP contribution is -2.46. The molecule has 3 N–H and O–H groups in total. The molecular formula is C17H18N2O2. The van der Waals surface area contributed by atoms with E-state index in [-0.39, 0.29) is 17.7 Å². The Kier molecular flexibility index (Phi) is 3.39. The Morgan fingerprint density at radius 1 is 1.24 bits per heavy atom. The topological polar surface area (TPSA) is 66.6 Å². The van der Waals surface area contributed by atoms with Gasteiger partial charge in [0.2, 0.25) is 0 Å². The number of fused-ring (bicyclic) bond motifs is 1. The first kappa shape index (κ1) is 13.6. The van der Waals surface area contributed by atoms with Crippen LogP contribution < -0.4 is 10.6 Å². The number of carbonyl (C=O) groups excluding carboxylic acids is 1. The minimum absolute atomic E-state index is 0.0409. The molecule has 0 spiro atoms. The number of phenols is 1. The molecule has 0 aliphatic carbocycles. The van der Waals surface area contributed by atoms with Gasteiger partial charge in [-0.05, 0) is 36.6 Å². The summed E-state index contributed by atoms with van der Waals surface area (Å²) in [6.45, 7) is 2.24. The lowest BCUT2D eigenvalue weighted by atomic mass is 9.97. The molecule has 0 fully saturated rings. The van der Waals surface area contributed by atoms with Crippen molar-refractivity contribution in [2.24, 2.45) is 5.73 Å². The van der Waals surface area contributed by atoms with E-state index in [1.807, 2.05) is 24.3 Å². The van der Waals surface area contributed by atoms with Gasteiger partial charge in [0.1, 0.15) is 5.75 Å². The summed E-state index contributed by atoms with van der Waals surface area (Å²) in [6.07, 6.45) is 0.764. The van der Waals surface area contributed by atoms with E-state index < -0.39 is 0 Å². The Morgan fingerprint density at radius 2 is 2.00 bits per heavy atom. The second kappa shape index (κ2) is 5.22. The third-order valence-corrected chi connectivity index (χ3v) is 3.89. The number of nitrogens with zero attached hydrogens (tertiary/aromatic N) is 1. The van der Waals surface area contributed by atoms with Crippen LogP contribution in [0, 0.1) is 6.92 Å². The van der Waals surface area contributed by atoms with Crippen LogP contribution >= 0.6 is 0 Å². The van der Waals surface area contributed by atoms with Crippen LogP contribution in [-0.4, -0.2) is 23.6 Å². The molecule has 108 valence electrons. The highest BCUT2D eigenvalue weighted by molar-refractivity contribution is 6.08. The highest BCUT2D eigenvalue weighted by atomic mass is 16.3. The van der Waals surface area contributed by atoms with Gasteiger partial charge in [0.05, 0.1) is 5.56 Å². The first-order valence-corrected chi connectivity index (χ1v) is 7.02. The Morgan fingerprint density at radius 3 is 2.81 bits per heavy atom. The lowest BCUT2D eigenvalue weighted by Gasteiger charge is -2.33. The number of rotatable bonds is 1. The van der Waals surface area contributed by atoms with E-state index in [0.717, 1.165) is 17.7 Å². The number of benzene rings is 2. The van der Waals surface area contributed by atoms with Crippen LogP contribution in [0.25, 0.3) is 0 Å². The summed E-state index contributed by atoms with van der Waals surface area (Å²) in [5, 5.41) is 10.1. The highest BCUT2D eigenvalue weighted by Crippen LogP contribution is 2.30. The summed E-state index contributed by atoms with van der Waals surface area (Å²) in [4.78, 5) is 14.5. The molecule has 1 unspecified atom stereocenters. The van der Waals surface area contributed by atoms with E-state index in [9.17, 15) is 9.90 Å². The van der Waals surface area contributed by atoms with Gasteiger partial charge in [-0.3, -0.25) is 4.79 Å². The monoisotopic (exact) mass is 282 g/mol. The molecule has 1 atom stereocenters. The van der Waals surface area contributed by atoms with Crippen LogP contribution in [-0.2, 0) is 6.42 Å². The average Bonchev–Trinajstić information content (AvgIpc) is 2.48. The van der Waals surface area contributed by atoms with Gasteiger partial charge in [-0.2, -0.15) is 0 Å². The average molecular weight is 282 g/mol. The zero-order valence-corrected chi connectivity index (χ0v) is 11.9. The van der Waals surface area contributed by atoms with Crippen molar-refractivity contribution in [3.8, 4) is 5.75 Å². The third kappa shape index (κ3) is 2.38. The van der Waals surface area contributed by atoms with Crippen LogP contribution in [0.1, 0.15) is 21.5 Å². The summed E-state index contributed by atoms with van der Waals surface area (Å²) in [5.74, 6) is -0.169. The maximum absolute atomic E-state index is 12.8. The van der Waals surface area contributed by atoms with Crippen molar-refractivity contribution in [1.29, 1.82) is 0 Å². The molecule has 0 aromatic heterocycles. The predicted octanol–water partition coefficient (Wildman–Crippen LogP) is 2.23. The second-order valence-electron chi connectivity index (χ2n) is 5.48. The van der Waals surface area contributed by atoms with Crippen molar-refractivity contribution >= 4 is 11.6 Å². The van der Waals surface area contributed by atoms with E-state index in [2.05, 4.69) is 0 Å². The SMILES string of the molecule is Cc1cccc(C(=O)N2CC(N)Cc3ccccc32)c1O. The Labute approximate surface area is 123 Å². The maximum Gasteiger partial charge on any atom is 0.262 e. The number of nitrogens with two attached hydrogens (primary N) is 1.